The van der Waals surface area contributed by atoms with Crippen LogP contribution in [0.3, 0.4) is 0 Å². The standard InChI is InChI=1S/C26H29FN2O3S2/c1-20-12-14-23(15-13-20)34(31,32)29(25-11-6-5-10-24(25)27)18-26(30)28-16-7-17-33-19-22-9-4-3-8-21(22)2/h3-6,8-15H,7,16-19H2,1-2H3,(H,28,30). The zero-order valence-electron chi connectivity index (χ0n) is 19.3. The number of para-hydroxylation sites is 1. The normalized spacial score (nSPS) is 11.3. The van der Waals surface area contributed by atoms with Crippen LogP contribution in [-0.4, -0.2) is 33.2 Å². The molecule has 34 heavy (non-hydrogen) atoms. The Morgan fingerprint density at radius 2 is 1.65 bits per heavy atom. The summed E-state index contributed by atoms with van der Waals surface area (Å²) in [7, 11) is -4.13. The molecular formula is C26H29FN2O3S2. The first-order chi connectivity index (χ1) is 16.3. The van der Waals surface area contributed by atoms with Gasteiger partial charge in [-0.1, -0.05) is 54.1 Å². The Balaban J connectivity index is 1.60. The molecule has 0 aromatic heterocycles. The first-order valence-electron chi connectivity index (χ1n) is 11.0. The van der Waals surface area contributed by atoms with Gasteiger partial charge in [0.2, 0.25) is 5.91 Å². The van der Waals surface area contributed by atoms with Crippen molar-refractivity contribution in [3.05, 3.63) is 95.3 Å². The maximum absolute atomic E-state index is 14.5. The highest BCUT2D eigenvalue weighted by atomic mass is 32.2. The summed E-state index contributed by atoms with van der Waals surface area (Å²) in [4.78, 5) is 12.6. The molecule has 0 atom stereocenters. The van der Waals surface area contributed by atoms with Crippen LogP contribution in [0, 0.1) is 19.7 Å². The number of nitrogens with zero attached hydrogens (tertiary/aromatic N) is 1. The summed E-state index contributed by atoms with van der Waals surface area (Å²) in [5.74, 6) is 0.561. The minimum absolute atomic E-state index is 0.00163. The summed E-state index contributed by atoms with van der Waals surface area (Å²) in [6.07, 6.45) is 0.743. The summed E-state index contributed by atoms with van der Waals surface area (Å²) in [6, 6.07) is 20.0. The average Bonchev–Trinajstić information content (AvgIpc) is 2.81. The number of thioether (sulfide) groups is 1. The molecule has 0 aliphatic rings. The summed E-state index contributed by atoms with van der Waals surface area (Å²) < 4.78 is 41.9. The zero-order valence-corrected chi connectivity index (χ0v) is 21.0. The number of anilines is 1. The van der Waals surface area contributed by atoms with Gasteiger partial charge in [-0.15, -0.1) is 0 Å². The van der Waals surface area contributed by atoms with Crippen molar-refractivity contribution in [3.8, 4) is 0 Å². The Kier molecular flexibility index (Phi) is 9.12. The van der Waals surface area contributed by atoms with Crippen molar-refractivity contribution in [1.82, 2.24) is 5.32 Å². The number of amides is 1. The number of halogens is 1. The average molecular weight is 501 g/mol. The minimum Gasteiger partial charge on any atom is -0.354 e. The van der Waals surface area contributed by atoms with Gasteiger partial charge in [-0.25, -0.2) is 12.8 Å². The van der Waals surface area contributed by atoms with Crippen molar-refractivity contribution in [3.63, 3.8) is 0 Å². The van der Waals surface area contributed by atoms with Crippen LogP contribution in [0.15, 0.2) is 77.7 Å². The molecule has 5 nitrogen and oxygen atoms in total. The smallest absolute Gasteiger partial charge is 0.264 e. The second-order valence-corrected chi connectivity index (χ2v) is 10.9. The van der Waals surface area contributed by atoms with Crippen molar-refractivity contribution < 1.29 is 17.6 Å². The Bertz CT molecular complexity index is 1210. The monoisotopic (exact) mass is 500 g/mol. The van der Waals surface area contributed by atoms with E-state index in [4.69, 9.17) is 0 Å². The molecule has 0 aliphatic heterocycles. The molecule has 0 saturated carbocycles. The highest BCUT2D eigenvalue weighted by molar-refractivity contribution is 7.98. The number of carbonyl (C=O) groups excluding carboxylic acids is 1. The van der Waals surface area contributed by atoms with Crippen LogP contribution in [0.2, 0.25) is 0 Å². The van der Waals surface area contributed by atoms with Crippen molar-refractivity contribution in [1.29, 1.82) is 0 Å². The molecule has 180 valence electrons. The Morgan fingerprint density at radius 1 is 0.971 bits per heavy atom. The van der Waals surface area contributed by atoms with E-state index >= 15 is 0 Å². The Labute approximate surface area is 205 Å². The summed E-state index contributed by atoms with van der Waals surface area (Å²) in [5, 5.41) is 2.76. The molecule has 0 heterocycles. The molecule has 0 unspecified atom stereocenters. The molecule has 3 aromatic rings. The van der Waals surface area contributed by atoms with Crippen molar-refractivity contribution >= 4 is 33.4 Å². The van der Waals surface area contributed by atoms with E-state index in [0.717, 1.165) is 27.8 Å². The third kappa shape index (κ3) is 6.84. The minimum atomic E-state index is -4.13. The van der Waals surface area contributed by atoms with Gasteiger partial charge in [-0.3, -0.25) is 9.10 Å². The number of hydrogen-bond donors (Lipinski definition) is 1. The maximum Gasteiger partial charge on any atom is 0.264 e. The fourth-order valence-corrected chi connectivity index (χ4v) is 5.80. The molecule has 0 radical (unpaired) electrons. The second-order valence-electron chi connectivity index (χ2n) is 7.96. The molecule has 0 bridgehead atoms. The van der Waals surface area contributed by atoms with Gasteiger partial charge in [0.1, 0.15) is 12.4 Å². The van der Waals surface area contributed by atoms with E-state index in [-0.39, 0.29) is 10.6 Å². The molecule has 1 amide bonds. The van der Waals surface area contributed by atoms with Crippen LogP contribution in [0.25, 0.3) is 0 Å². The molecule has 3 rings (SSSR count). The van der Waals surface area contributed by atoms with Gasteiger partial charge in [0.15, 0.2) is 0 Å². The molecule has 1 N–H and O–H groups in total. The van der Waals surface area contributed by atoms with E-state index in [1.54, 1.807) is 30.0 Å². The number of nitrogens with one attached hydrogen (secondary N) is 1. The van der Waals surface area contributed by atoms with E-state index < -0.39 is 28.3 Å². The molecule has 0 spiro atoms. The topological polar surface area (TPSA) is 66.5 Å². The van der Waals surface area contributed by atoms with Crippen LogP contribution in [-0.2, 0) is 20.6 Å². The summed E-state index contributed by atoms with van der Waals surface area (Å²) in [5.41, 5.74) is 3.28. The van der Waals surface area contributed by atoms with E-state index in [0.29, 0.717) is 6.54 Å². The third-order valence-electron chi connectivity index (χ3n) is 5.32. The van der Waals surface area contributed by atoms with Gasteiger partial charge in [0, 0.05) is 12.3 Å². The highest BCUT2D eigenvalue weighted by Crippen LogP contribution is 2.26. The van der Waals surface area contributed by atoms with E-state index in [1.807, 2.05) is 19.1 Å². The SMILES string of the molecule is Cc1ccc(S(=O)(=O)N(CC(=O)NCCCSCc2ccccc2C)c2ccccc2F)cc1. The highest BCUT2D eigenvalue weighted by Gasteiger charge is 2.29. The lowest BCUT2D eigenvalue weighted by atomic mass is 10.1. The van der Waals surface area contributed by atoms with Gasteiger partial charge in [-0.2, -0.15) is 11.8 Å². The van der Waals surface area contributed by atoms with Crippen LogP contribution in [0.5, 0.6) is 0 Å². The number of hydrogen-bond acceptors (Lipinski definition) is 4. The van der Waals surface area contributed by atoms with E-state index in [9.17, 15) is 17.6 Å². The molecular weight excluding hydrogens is 471 g/mol. The maximum atomic E-state index is 14.5. The van der Waals surface area contributed by atoms with Crippen LogP contribution >= 0.6 is 11.8 Å². The van der Waals surface area contributed by atoms with Gasteiger partial charge < -0.3 is 5.32 Å². The Morgan fingerprint density at radius 3 is 2.35 bits per heavy atom. The second kappa shape index (κ2) is 12.0. The van der Waals surface area contributed by atoms with Crippen LogP contribution in [0.4, 0.5) is 10.1 Å². The van der Waals surface area contributed by atoms with Crippen molar-refractivity contribution in [2.45, 2.75) is 30.9 Å². The fourth-order valence-electron chi connectivity index (χ4n) is 3.33. The molecule has 8 heteroatoms. The van der Waals surface area contributed by atoms with E-state index in [1.165, 1.54) is 41.5 Å². The lowest BCUT2D eigenvalue weighted by Gasteiger charge is -2.24. The van der Waals surface area contributed by atoms with Crippen molar-refractivity contribution in [2.24, 2.45) is 0 Å². The number of sulfonamides is 1. The van der Waals surface area contributed by atoms with E-state index in [2.05, 4.69) is 24.4 Å². The van der Waals surface area contributed by atoms with Crippen LogP contribution < -0.4 is 9.62 Å². The number of aryl methyl sites for hydroxylation is 2. The molecule has 0 fully saturated rings. The van der Waals surface area contributed by atoms with Crippen molar-refractivity contribution in [2.75, 3.05) is 23.1 Å². The van der Waals surface area contributed by atoms with Gasteiger partial charge in [0.05, 0.1) is 10.6 Å². The Hall–Kier alpha value is -2.84. The predicted molar refractivity (Wildman–Crippen MR) is 137 cm³/mol. The first kappa shape index (κ1) is 25.8. The quantitative estimate of drug-likeness (QED) is 0.373. The molecule has 0 saturated heterocycles. The molecule has 0 aliphatic carbocycles. The third-order valence-corrected chi connectivity index (χ3v) is 8.19. The van der Waals surface area contributed by atoms with Gasteiger partial charge in [0.25, 0.3) is 10.0 Å². The number of benzene rings is 3. The zero-order chi connectivity index (χ0) is 24.6. The van der Waals surface area contributed by atoms with Gasteiger partial charge in [-0.05, 0) is 61.4 Å². The summed E-state index contributed by atoms with van der Waals surface area (Å²) in [6.45, 7) is 3.84. The summed E-state index contributed by atoms with van der Waals surface area (Å²) >= 11 is 1.78. The largest absolute Gasteiger partial charge is 0.354 e. The van der Waals surface area contributed by atoms with Gasteiger partial charge >= 0.3 is 0 Å². The fraction of sp³-hybridized carbons (Fsp3) is 0.269. The van der Waals surface area contributed by atoms with Crippen LogP contribution in [0.1, 0.15) is 23.1 Å². The lowest BCUT2D eigenvalue weighted by molar-refractivity contribution is -0.119. The number of carbonyl (C=O) groups is 1. The predicted octanol–water partition coefficient (Wildman–Crippen LogP) is 5.08. The number of rotatable bonds is 11. The molecule has 3 aromatic carbocycles. The first-order valence-corrected chi connectivity index (χ1v) is 13.6. The lowest BCUT2D eigenvalue weighted by Crippen LogP contribution is -2.41.